The third-order valence-electron chi connectivity index (χ3n) is 8.08. The Labute approximate surface area is 227 Å². The Hall–Kier alpha value is -3.48. The number of aryl methyl sites for hydroxylation is 1. The number of pyridine rings is 1. The number of aliphatic hydroxyl groups excluding tert-OH is 2. The first kappa shape index (κ1) is 28.5. The number of carbonyl (C=O) groups is 3. The molecule has 0 unspecified atom stereocenters. The van der Waals surface area contributed by atoms with Crippen LogP contribution in [0.25, 0.3) is 0 Å². The van der Waals surface area contributed by atoms with E-state index in [9.17, 15) is 34.8 Å². The summed E-state index contributed by atoms with van der Waals surface area (Å²) < 4.78 is 0. The summed E-state index contributed by atoms with van der Waals surface area (Å²) in [7, 11) is 10.6. The molecule has 4 atom stereocenters. The first-order valence-corrected chi connectivity index (χ1v) is 12.9. The lowest BCUT2D eigenvalue weighted by Crippen LogP contribution is -2.63. The number of aliphatic hydroxyl groups is 3. The average Bonchev–Trinajstić information content (AvgIpc) is 2.81. The maximum absolute atomic E-state index is 14.0. The van der Waals surface area contributed by atoms with Gasteiger partial charge in [0.1, 0.15) is 28.7 Å². The van der Waals surface area contributed by atoms with E-state index in [0.717, 1.165) is 6.54 Å². The predicted molar refractivity (Wildman–Crippen MR) is 143 cm³/mol. The van der Waals surface area contributed by atoms with Crippen molar-refractivity contribution in [1.29, 1.82) is 0 Å². The van der Waals surface area contributed by atoms with Crippen LogP contribution in [0.3, 0.4) is 0 Å². The number of likely N-dealkylation sites (N-methyl/N-ethyl adjacent to an activating group) is 1. The summed E-state index contributed by atoms with van der Waals surface area (Å²) >= 11 is 0. The Morgan fingerprint density at radius 3 is 2.28 bits per heavy atom. The number of amides is 1. The van der Waals surface area contributed by atoms with Crippen LogP contribution in [-0.4, -0.2) is 113 Å². The fourth-order valence-electron chi connectivity index (χ4n) is 6.34. The van der Waals surface area contributed by atoms with Crippen molar-refractivity contribution < 1.29 is 34.8 Å². The molecule has 0 radical (unpaired) electrons. The van der Waals surface area contributed by atoms with Crippen molar-refractivity contribution in [3.05, 3.63) is 39.5 Å². The Bertz CT molecular complexity index is 1320. The van der Waals surface area contributed by atoms with E-state index in [0.29, 0.717) is 29.9 Å². The van der Waals surface area contributed by atoms with Gasteiger partial charge in [0.2, 0.25) is 5.78 Å². The van der Waals surface area contributed by atoms with Gasteiger partial charge >= 0.3 is 0 Å². The van der Waals surface area contributed by atoms with Gasteiger partial charge in [0.25, 0.3) is 5.91 Å². The molecule has 1 aromatic rings. The van der Waals surface area contributed by atoms with E-state index in [2.05, 4.69) is 4.98 Å². The van der Waals surface area contributed by atoms with Gasteiger partial charge in [-0.25, -0.2) is 4.98 Å². The fourth-order valence-corrected chi connectivity index (χ4v) is 6.34. The van der Waals surface area contributed by atoms with Crippen molar-refractivity contribution >= 4 is 23.3 Å². The van der Waals surface area contributed by atoms with Crippen molar-refractivity contribution in [2.75, 3.05) is 53.7 Å². The van der Waals surface area contributed by atoms with E-state index in [1.54, 1.807) is 33.1 Å². The third-order valence-corrected chi connectivity index (χ3v) is 8.08. The highest BCUT2D eigenvalue weighted by atomic mass is 16.3. The number of Topliss-reactive ketones (excluding diaryl/α,β-unsaturated/α-hetero) is 2. The molecule has 1 heterocycles. The predicted octanol–water partition coefficient (Wildman–Crippen LogP) is 0.0758. The zero-order valence-electron chi connectivity index (χ0n) is 23.1. The van der Waals surface area contributed by atoms with Gasteiger partial charge in [-0.15, -0.1) is 0 Å². The first-order valence-electron chi connectivity index (χ1n) is 12.9. The second-order valence-corrected chi connectivity index (χ2v) is 11.3. The number of rotatable bonds is 7. The molecule has 0 aromatic carbocycles. The highest BCUT2D eigenvalue weighted by Gasteiger charge is 2.63. The molecule has 0 saturated carbocycles. The molecular weight excluding hydrogens is 506 g/mol. The number of fused-ring (bicyclic) bond motifs is 3. The number of anilines is 1. The van der Waals surface area contributed by atoms with Crippen LogP contribution in [0.4, 0.5) is 5.82 Å². The van der Waals surface area contributed by atoms with Gasteiger partial charge in [0.15, 0.2) is 11.4 Å². The smallest absolute Gasteiger partial charge is 0.255 e. The normalized spacial score (nSPS) is 26.6. The minimum absolute atomic E-state index is 0.0191. The number of allylic oxidation sites excluding steroid dienone is 1. The number of nitrogens with two attached hydrogens (primary N) is 1. The number of hydrogen-bond acceptors (Lipinski definition) is 11. The van der Waals surface area contributed by atoms with Crippen LogP contribution >= 0.6 is 0 Å². The summed E-state index contributed by atoms with van der Waals surface area (Å²) in [6, 6.07) is -1.03. The molecule has 3 aliphatic carbocycles. The van der Waals surface area contributed by atoms with Crippen LogP contribution in [0.5, 0.6) is 5.75 Å². The van der Waals surface area contributed by atoms with E-state index in [-0.39, 0.29) is 29.7 Å². The van der Waals surface area contributed by atoms with Gasteiger partial charge in [-0.1, -0.05) is 0 Å². The van der Waals surface area contributed by atoms with E-state index in [1.807, 2.05) is 19.0 Å². The molecule has 12 heteroatoms. The molecule has 1 aromatic heterocycles. The van der Waals surface area contributed by atoms with Crippen LogP contribution in [0.15, 0.2) is 22.7 Å². The summed E-state index contributed by atoms with van der Waals surface area (Å²) in [5.74, 6) is -6.18. The average molecular weight is 544 g/mol. The first-order chi connectivity index (χ1) is 18.1. The monoisotopic (exact) mass is 543 g/mol. The minimum atomic E-state index is -2.66. The number of primary amides is 1. The largest absolute Gasteiger partial charge is 0.510 e. The second kappa shape index (κ2) is 9.92. The number of aromatic hydroxyl groups is 1. The van der Waals surface area contributed by atoms with Crippen molar-refractivity contribution in [2.24, 2.45) is 17.6 Å². The standard InChI is InChI=1S/C27H37N5O7/c1-30(2)9-7-8-15-20(33)17-13(26(29-15)32(5)6)10-12-11-14-19(31(3)4)22(35)18(25(28)38)24(37)27(14,39)23(36)16(12)21(17)34/h12,14,19,33,35-36,39H,7-11H2,1-6H3,(H2,28,38)/t12-,14-,19-,27-/m0/s1. The van der Waals surface area contributed by atoms with E-state index < -0.39 is 58.0 Å². The van der Waals surface area contributed by atoms with E-state index >= 15 is 0 Å². The van der Waals surface area contributed by atoms with Gasteiger partial charge in [0, 0.05) is 31.1 Å². The van der Waals surface area contributed by atoms with Gasteiger partial charge in [-0.2, -0.15) is 0 Å². The van der Waals surface area contributed by atoms with Crippen LogP contribution in [0.2, 0.25) is 0 Å². The van der Waals surface area contributed by atoms with Crippen LogP contribution in [0.1, 0.15) is 34.5 Å². The molecule has 12 nitrogen and oxygen atoms in total. The summed E-state index contributed by atoms with van der Waals surface area (Å²) in [5, 5.41) is 45.3. The number of ketones is 2. The summed E-state index contributed by atoms with van der Waals surface area (Å²) in [6.07, 6.45) is 1.31. The number of aromatic nitrogens is 1. The van der Waals surface area contributed by atoms with Crippen molar-refractivity contribution in [3.63, 3.8) is 0 Å². The van der Waals surface area contributed by atoms with Crippen molar-refractivity contribution in [1.82, 2.24) is 14.8 Å². The lowest BCUT2D eigenvalue weighted by atomic mass is 9.58. The quantitative estimate of drug-likeness (QED) is 0.294. The molecule has 0 spiro atoms. The highest BCUT2D eigenvalue weighted by Crippen LogP contribution is 2.53. The molecule has 0 aliphatic heterocycles. The molecule has 6 N–H and O–H groups in total. The highest BCUT2D eigenvalue weighted by molar-refractivity contribution is 6.24. The topological polar surface area (TPSA) is 181 Å². The van der Waals surface area contributed by atoms with Crippen LogP contribution in [0, 0.1) is 11.8 Å². The molecule has 1 amide bonds. The fraction of sp³-hybridized carbons (Fsp3) is 0.556. The maximum Gasteiger partial charge on any atom is 0.255 e. The van der Waals surface area contributed by atoms with Crippen molar-refractivity contribution in [2.45, 2.75) is 37.3 Å². The Morgan fingerprint density at radius 1 is 1.10 bits per heavy atom. The lowest BCUT2D eigenvalue weighted by Gasteiger charge is -2.50. The maximum atomic E-state index is 14.0. The summed E-state index contributed by atoms with van der Waals surface area (Å²) in [4.78, 5) is 49.5. The summed E-state index contributed by atoms with van der Waals surface area (Å²) in [5.41, 5.74) is 2.54. The zero-order valence-corrected chi connectivity index (χ0v) is 23.1. The van der Waals surface area contributed by atoms with Crippen LogP contribution < -0.4 is 10.6 Å². The minimum Gasteiger partial charge on any atom is -0.510 e. The summed E-state index contributed by atoms with van der Waals surface area (Å²) in [6.45, 7) is 0.740. The Kier molecular flexibility index (Phi) is 7.26. The molecule has 212 valence electrons. The molecular formula is C27H37N5O7. The molecule has 0 saturated heterocycles. The molecule has 0 bridgehead atoms. The van der Waals surface area contributed by atoms with Gasteiger partial charge in [-0.05, 0) is 66.3 Å². The number of carbonyl (C=O) groups excluding carboxylic acids is 3. The Balaban J connectivity index is 1.91. The molecule has 3 aliphatic rings. The molecule has 4 rings (SSSR count). The third kappa shape index (κ3) is 4.26. The number of nitrogens with zero attached hydrogens (tertiary/aromatic N) is 4. The Morgan fingerprint density at radius 2 is 1.74 bits per heavy atom. The van der Waals surface area contributed by atoms with Crippen molar-refractivity contribution in [3.8, 4) is 5.75 Å². The van der Waals surface area contributed by atoms with E-state index in [4.69, 9.17) is 5.73 Å². The second-order valence-electron chi connectivity index (χ2n) is 11.3. The lowest BCUT2D eigenvalue weighted by molar-refractivity contribution is -0.148. The van der Waals surface area contributed by atoms with Gasteiger partial charge < -0.3 is 36.0 Å². The molecule has 0 fully saturated rings. The zero-order chi connectivity index (χ0) is 29.1. The number of hydrogen-bond donors (Lipinski definition) is 5. The SMILES string of the molecule is CN(C)CCCc1nc(N(C)C)c2c(c1O)C(=O)C1=C(O)[C@]3(O)C(=O)C(C(N)=O)=C(O)[C@@H](N(C)C)[C@@H]3C[C@@H]1C2. The van der Waals surface area contributed by atoms with Gasteiger partial charge in [0.05, 0.1) is 17.3 Å². The van der Waals surface area contributed by atoms with Crippen LogP contribution in [-0.2, 0) is 22.4 Å². The van der Waals surface area contributed by atoms with Gasteiger partial charge in [-0.3, -0.25) is 19.3 Å². The molecule has 39 heavy (non-hydrogen) atoms. The van der Waals surface area contributed by atoms with E-state index in [1.165, 1.54) is 4.90 Å².